The van der Waals surface area contributed by atoms with Crippen LogP contribution < -0.4 is 0 Å². The third-order valence-corrected chi connectivity index (χ3v) is 3.75. The molecule has 0 bridgehead atoms. The molecule has 0 fully saturated rings. The van der Waals surface area contributed by atoms with Crippen LogP contribution in [0.15, 0.2) is 29.6 Å². The lowest BCUT2D eigenvalue weighted by Gasteiger charge is -2.06. The molecule has 0 saturated heterocycles. The highest BCUT2D eigenvalue weighted by Gasteiger charge is 2.27. The smallest absolute Gasteiger partial charge is 0.372 e. The summed E-state index contributed by atoms with van der Waals surface area (Å²) in [4.78, 5) is 11.7. The molecular formula is C14H13F3O2S. The Morgan fingerprint density at radius 2 is 2.00 bits per heavy atom. The largest absolute Gasteiger partial charge is 0.411 e. The number of hydrogen-bond acceptors (Lipinski definition) is 3. The fraction of sp³-hybridized carbons (Fsp3) is 0.357. The van der Waals surface area contributed by atoms with Gasteiger partial charge in [0.15, 0.2) is 0 Å². The van der Waals surface area contributed by atoms with Gasteiger partial charge in [0.05, 0.1) is 6.61 Å². The van der Waals surface area contributed by atoms with E-state index in [1.165, 1.54) is 0 Å². The highest BCUT2D eigenvalue weighted by Crippen LogP contribution is 2.26. The van der Waals surface area contributed by atoms with Crippen LogP contribution in [0, 0.1) is 0 Å². The topological polar surface area (TPSA) is 26.3 Å². The molecular weight excluding hydrogens is 289 g/mol. The van der Waals surface area contributed by atoms with Crippen molar-refractivity contribution in [3.8, 4) is 0 Å². The molecule has 1 aromatic heterocycles. The van der Waals surface area contributed by atoms with Gasteiger partial charge in [-0.15, -0.1) is 11.3 Å². The van der Waals surface area contributed by atoms with E-state index >= 15 is 0 Å². The zero-order chi connectivity index (χ0) is 14.6. The van der Waals surface area contributed by atoms with Gasteiger partial charge in [-0.25, -0.2) is 0 Å². The summed E-state index contributed by atoms with van der Waals surface area (Å²) >= 11 is 1.56. The van der Waals surface area contributed by atoms with Gasteiger partial charge < -0.3 is 4.74 Å². The molecule has 0 aliphatic carbocycles. The van der Waals surface area contributed by atoms with E-state index in [1.807, 2.05) is 29.6 Å². The van der Waals surface area contributed by atoms with Crippen molar-refractivity contribution in [3.05, 3.63) is 35.2 Å². The first kappa shape index (κ1) is 15.0. The summed E-state index contributed by atoms with van der Waals surface area (Å²) in [7, 11) is 0. The number of halogens is 3. The van der Waals surface area contributed by atoms with Crippen LogP contribution in [0.25, 0.3) is 10.1 Å². The monoisotopic (exact) mass is 302 g/mol. The molecule has 2 rings (SSSR count). The summed E-state index contributed by atoms with van der Waals surface area (Å²) in [5, 5.41) is 2.95. The Hall–Kier alpha value is -1.40. The van der Waals surface area contributed by atoms with Crippen molar-refractivity contribution in [2.45, 2.75) is 19.0 Å². The first-order chi connectivity index (χ1) is 9.46. The minimum Gasteiger partial charge on any atom is -0.372 e. The van der Waals surface area contributed by atoms with Gasteiger partial charge in [-0.1, -0.05) is 18.2 Å². The van der Waals surface area contributed by atoms with Crippen LogP contribution in [0.1, 0.15) is 12.0 Å². The number of carbonyl (C=O) groups excluding carboxylic acids is 1. The Bertz CT molecular complexity index is 589. The van der Waals surface area contributed by atoms with Crippen molar-refractivity contribution in [2.24, 2.45) is 0 Å². The fourth-order valence-electron chi connectivity index (χ4n) is 1.84. The molecule has 2 nitrogen and oxygen atoms in total. The SMILES string of the molecule is O=C(CCOCC(F)(F)F)Cc1csc2ccccc12. The van der Waals surface area contributed by atoms with Gasteiger partial charge in [-0.05, 0) is 22.4 Å². The average molecular weight is 302 g/mol. The van der Waals surface area contributed by atoms with E-state index < -0.39 is 12.8 Å². The lowest BCUT2D eigenvalue weighted by molar-refractivity contribution is -0.174. The second-order valence-electron chi connectivity index (χ2n) is 4.39. The predicted octanol–water partition coefficient (Wildman–Crippen LogP) is 3.98. The van der Waals surface area contributed by atoms with Gasteiger partial charge in [-0.2, -0.15) is 13.2 Å². The summed E-state index contributed by atoms with van der Waals surface area (Å²) in [5.41, 5.74) is 0.923. The van der Waals surface area contributed by atoms with Gasteiger partial charge in [0, 0.05) is 17.5 Å². The summed E-state index contributed by atoms with van der Waals surface area (Å²) < 4.78 is 41.1. The standard InChI is InChI=1S/C14H13F3O2S/c15-14(16,17)9-19-6-5-11(18)7-10-8-20-13-4-2-1-3-12(10)13/h1-4,8H,5-7,9H2. The molecule has 0 amide bonds. The van der Waals surface area contributed by atoms with Crippen LogP contribution in [0.3, 0.4) is 0 Å². The highest BCUT2D eigenvalue weighted by atomic mass is 32.1. The summed E-state index contributed by atoms with van der Waals surface area (Å²) in [6.07, 6.45) is -4.10. The summed E-state index contributed by atoms with van der Waals surface area (Å²) in [6, 6.07) is 7.74. The number of alkyl halides is 3. The van der Waals surface area contributed by atoms with Gasteiger partial charge >= 0.3 is 6.18 Å². The van der Waals surface area contributed by atoms with Gasteiger partial charge in [0.2, 0.25) is 0 Å². The van der Waals surface area contributed by atoms with Gasteiger partial charge in [0.25, 0.3) is 0 Å². The number of ether oxygens (including phenoxy) is 1. The molecule has 1 heterocycles. The van der Waals surface area contributed by atoms with E-state index in [0.29, 0.717) is 0 Å². The van der Waals surface area contributed by atoms with Crippen LogP contribution in [0.4, 0.5) is 13.2 Å². The van der Waals surface area contributed by atoms with E-state index in [4.69, 9.17) is 0 Å². The Morgan fingerprint density at radius 3 is 2.75 bits per heavy atom. The highest BCUT2D eigenvalue weighted by molar-refractivity contribution is 7.17. The van der Waals surface area contributed by atoms with Crippen molar-refractivity contribution < 1.29 is 22.7 Å². The van der Waals surface area contributed by atoms with Crippen molar-refractivity contribution in [3.63, 3.8) is 0 Å². The maximum absolute atomic E-state index is 11.9. The number of thiophene rings is 1. The van der Waals surface area contributed by atoms with Gasteiger partial charge in [0.1, 0.15) is 12.4 Å². The van der Waals surface area contributed by atoms with Crippen LogP contribution in [-0.4, -0.2) is 25.2 Å². The molecule has 0 radical (unpaired) electrons. The van der Waals surface area contributed by atoms with E-state index in [0.717, 1.165) is 15.6 Å². The number of hydrogen-bond donors (Lipinski definition) is 0. The van der Waals surface area contributed by atoms with Crippen LogP contribution in [0.5, 0.6) is 0 Å². The lowest BCUT2D eigenvalue weighted by Crippen LogP contribution is -2.18. The molecule has 2 aromatic rings. The minimum atomic E-state index is -4.34. The first-order valence-electron chi connectivity index (χ1n) is 6.07. The Balaban J connectivity index is 1.83. The molecule has 1 aromatic carbocycles. The summed E-state index contributed by atoms with van der Waals surface area (Å²) in [5.74, 6) is -0.115. The number of benzene rings is 1. The Labute approximate surface area is 118 Å². The number of ketones is 1. The van der Waals surface area contributed by atoms with Crippen molar-refractivity contribution in [1.29, 1.82) is 0 Å². The molecule has 0 saturated carbocycles. The molecule has 0 aliphatic heterocycles. The van der Waals surface area contributed by atoms with Crippen molar-refractivity contribution in [1.82, 2.24) is 0 Å². The van der Waals surface area contributed by atoms with E-state index in [9.17, 15) is 18.0 Å². The van der Waals surface area contributed by atoms with Crippen molar-refractivity contribution >= 4 is 27.2 Å². The average Bonchev–Trinajstić information content (AvgIpc) is 2.77. The summed E-state index contributed by atoms with van der Waals surface area (Å²) in [6.45, 7) is -1.50. The van der Waals surface area contributed by atoms with Crippen molar-refractivity contribution in [2.75, 3.05) is 13.2 Å². The van der Waals surface area contributed by atoms with Gasteiger partial charge in [-0.3, -0.25) is 4.79 Å². The maximum Gasteiger partial charge on any atom is 0.411 e. The predicted molar refractivity (Wildman–Crippen MR) is 72.0 cm³/mol. The quantitative estimate of drug-likeness (QED) is 0.754. The third kappa shape index (κ3) is 4.31. The van der Waals surface area contributed by atoms with E-state index in [-0.39, 0.29) is 25.2 Å². The van der Waals surface area contributed by atoms with E-state index in [1.54, 1.807) is 11.3 Å². The normalized spacial score (nSPS) is 11.9. The zero-order valence-electron chi connectivity index (χ0n) is 10.6. The molecule has 0 atom stereocenters. The molecule has 6 heteroatoms. The minimum absolute atomic E-state index is 0.000252. The second-order valence-corrected chi connectivity index (χ2v) is 5.30. The van der Waals surface area contributed by atoms with E-state index in [2.05, 4.69) is 4.74 Å². The molecule has 0 N–H and O–H groups in total. The number of Topliss-reactive ketones (excluding diaryl/α,β-unsaturated/α-hetero) is 1. The van der Waals surface area contributed by atoms with Crippen LogP contribution >= 0.6 is 11.3 Å². The van der Waals surface area contributed by atoms with Crippen LogP contribution in [-0.2, 0) is 16.0 Å². The second kappa shape index (κ2) is 6.37. The first-order valence-corrected chi connectivity index (χ1v) is 6.95. The molecule has 0 aliphatic rings. The zero-order valence-corrected chi connectivity index (χ0v) is 11.4. The maximum atomic E-state index is 11.9. The molecule has 20 heavy (non-hydrogen) atoms. The number of rotatable bonds is 6. The Kier molecular flexibility index (Phi) is 4.77. The number of carbonyl (C=O) groups is 1. The molecule has 0 spiro atoms. The fourth-order valence-corrected chi connectivity index (χ4v) is 2.81. The lowest BCUT2D eigenvalue weighted by atomic mass is 10.1. The Morgan fingerprint density at radius 1 is 1.25 bits per heavy atom. The molecule has 0 unspecified atom stereocenters. The molecule has 108 valence electrons. The number of fused-ring (bicyclic) bond motifs is 1. The van der Waals surface area contributed by atoms with Crippen LogP contribution in [0.2, 0.25) is 0 Å². The third-order valence-electron chi connectivity index (χ3n) is 2.74.